The number of rotatable bonds is 7. The van der Waals surface area contributed by atoms with Crippen LogP contribution in [-0.4, -0.2) is 21.0 Å². The molecule has 2 N–H and O–H groups in total. The van der Waals surface area contributed by atoms with Crippen LogP contribution in [0.1, 0.15) is 25.8 Å². The maximum atomic E-state index is 5.94. The predicted octanol–water partition coefficient (Wildman–Crippen LogP) is 5.01. The van der Waals surface area contributed by atoms with Crippen LogP contribution in [0.5, 0.6) is 0 Å². The first-order valence-corrected chi connectivity index (χ1v) is 9.07. The molecule has 3 rings (SSSR count). The van der Waals surface area contributed by atoms with Crippen LogP contribution < -0.4 is 10.6 Å². The van der Waals surface area contributed by atoms with Gasteiger partial charge in [-0.2, -0.15) is 4.98 Å². The fourth-order valence-electron chi connectivity index (χ4n) is 2.37. The molecule has 0 aliphatic rings. The number of aromatic nitrogens is 3. The fraction of sp³-hybridized carbons (Fsp3) is 0.250. The van der Waals surface area contributed by atoms with E-state index in [-0.39, 0.29) is 6.04 Å². The summed E-state index contributed by atoms with van der Waals surface area (Å²) >= 11 is 5.94. The van der Waals surface area contributed by atoms with Crippen molar-refractivity contribution in [3.8, 4) is 11.4 Å². The summed E-state index contributed by atoms with van der Waals surface area (Å²) in [6.07, 6.45) is 2.75. The van der Waals surface area contributed by atoms with E-state index in [0.29, 0.717) is 12.5 Å². The molecule has 0 amide bonds. The number of anilines is 2. The first-order chi connectivity index (χ1) is 12.6. The van der Waals surface area contributed by atoms with Crippen LogP contribution in [0.3, 0.4) is 0 Å². The van der Waals surface area contributed by atoms with Gasteiger partial charge in [0.1, 0.15) is 5.82 Å². The van der Waals surface area contributed by atoms with E-state index in [0.717, 1.165) is 34.2 Å². The molecular formula is C20H22ClN5. The SMILES string of the molecule is CC[C@@H](C)Nc1nc(NCc2ccc(Cl)cc2)cc(-c2ccccn2)n1. The molecule has 6 heteroatoms. The van der Waals surface area contributed by atoms with Crippen LogP contribution in [0.15, 0.2) is 54.7 Å². The number of hydrogen-bond donors (Lipinski definition) is 2. The van der Waals surface area contributed by atoms with E-state index in [2.05, 4.69) is 39.4 Å². The zero-order valence-electron chi connectivity index (χ0n) is 14.9. The Morgan fingerprint density at radius 2 is 1.85 bits per heavy atom. The maximum absolute atomic E-state index is 5.94. The van der Waals surface area contributed by atoms with Crippen LogP contribution >= 0.6 is 11.6 Å². The molecule has 0 radical (unpaired) electrons. The minimum Gasteiger partial charge on any atom is -0.366 e. The molecule has 0 saturated carbocycles. The summed E-state index contributed by atoms with van der Waals surface area (Å²) < 4.78 is 0. The van der Waals surface area contributed by atoms with Crippen LogP contribution in [0.4, 0.5) is 11.8 Å². The molecule has 0 bridgehead atoms. The third-order valence-electron chi connectivity index (χ3n) is 4.03. The Bertz CT molecular complexity index is 837. The van der Waals surface area contributed by atoms with Crippen molar-refractivity contribution in [3.63, 3.8) is 0 Å². The van der Waals surface area contributed by atoms with Crippen LogP contribution in [0.25, 0.3) is 11.4 Å². The van der Waals surface area contributed by atoms with Crippen molar-refractivity contribution in [3.05, 3.63) is 65.3 Å². The molecule has 2 aromatic heterocycles. The molecule has 0 aliphatic carbocycles. The molecule has 1 aromatic carbocycles. The lowest BCUT2D eigenvalue weighted by molar-refractivity contribution is 0.753. The molecular weight excluding hydrogens is 346 g/mol. The van der Waals surface area contributed by atoms with Gasteiger partial charge in [-0.1, -0.05) is 36.7 Å². The van der Waals surface area contributed by atoms with Gasteiger partial charge >= 0.3 is 0 Å². The summed E-state index contributed by atoms with van der Waals surface area (Å²) in [6.45, 7) is 4.89. The Hall–Kier alpha value is -2.66. The molecule has 5 nitrogen and oxygen atoms in total. The normalized spacial score (nSPS) is 11.8. The lowest BCUT2D eigenvalue weighted by Gasteiger charge is -2.14. The average molecular weight is 368 g/mol. The van der Waals surface area contributed by atoms with Crippen molar-refractivity contribution in [2.24, 2.45) is 0 Å². The van der Waals surface area contributed by atoms with E-state index >= 15 is 0 Å². The summed E-state index contributed by atoms with van der Waals surface area (Å²) in [6, 6.07) is 15.7. The quantitative estimate of drug-likeness (QED) is 0.614. The van der Waals surface area contributed by atoms with Gasteiger partial charge in [0.15, 0.2) is 0 Å². The molecule has 0 aliphatic heterocycles. The largest absolute Gasteiger partial charge is 0.366 e. The Kier molecular flexibility index (Phi) is 6.02. The van der Waals surface area contributed by atoms with Gasteiger partial charge in [0.25, 0.3) is 0 Å². The highest BCUT2D eigenvalue weighted by atomic mass is 35.5. The van der Waals surface area contributed by atoms with Crippen molar-refractivity contribution < 1.29 is 0 Å². The molecule has 26 heavy (non-hydrogen) atoms. The number of nitrogens with zero attached hydrogens (tertiary/aromatic N) is 3. The highest BCUT2D eigenvalue weighted by molar-refractivity contribution is 6.30. The second-order valence-electron chi connectivity index (χ2n) is 6.11. The Morgan fingerprint density at radius 1 is 1.04 bits per heavy atom. The molecule has 0 saturated heterocycles. The summed E-state index contributed by atoms with van der Waals surface area (Å²) in [5, 5.41) is 7.43. The second kappa shape index (κ2) is 8.63. The zero-order chi connectivity index (χ0) is 18.4. The molecule has 3 aromatic rings. The average Bonchev–Trinajstić information content (AvgIpc) is 2.68. The van der Waals surface area contributed by atoms with Gasteiger partial charge in [0, 0.05) is 29.9 Å². The zero-order valence-corrected chi connectivity index (χ0v) is 15.7. The standard InChI is InChI=1S/C20H22ClN5/c1-3-14(2)24-20-25-18(17-6-4-5-11-22-17)12-19(26-20)23-13-15-7-9-16(21)10-8-15/h4-12,14H,3,13H2,1-2H3,(H2,23,24,25,26)/t14-/m1/s1. The van der Waals surface area contributed by atoms with E-state index in [9.17, 15) is 0 Å². The molecule has 134 valence electrons. The van der Waals surface area contributed by atoms with E-state index in [4.69, 9.17) is 11.6 Å². The number of hydrogen-bond acceptors (Lipinski definition) is 5. The first-order valence-electron chi connectivity index (χ1n) is 8.69. The molecule has 0 fully saturated rings. The van der Waals surface area contributed by atoms with Crippen molar-refractivity contribution in [2.45, 2.75) is 32.9 Å². The molecule has 0 spiro atoms. The predicted molar refractivity (Wildman–Crippen MR) is 107 cm³/mol. The first kappa shape index (κ1) is 18.1. The van der Waals surface area contributed by atoms with Gasteiger partial charge < -0.3 is 10.6 Å². The smallest absolute Gasteiger partial charge is 0.225 e. The fourth-order valence-corrected chi connectivity index (χ4v) is 2.49. The van der Waals surface area contributed by atoms with Gasteiger partial charge in [-0.25, -0.2) is 4.98 Å². The number of halogens is 1. The second-order valence-corrected chi connectivity index (χ2v) is 6.55. The van der Waals surface area contributed by atoms with Crippen molar-refractivity contribution in [1.29, 1.82) is 0 Å². The van der Waals surface area contributed by atoms with Crippen LogP contribution in [-0.2, 0) is 6.54 Å². The van der Waals surface area contributed by atoms with Gasteiger partial charge in [-0.3, -0.25) is 4.98 Å². The van der Waals surface area contributed by atoms with Crippen molar-refractivity contribution in [1.82, 2.24) is 15.0 Å². The van der Waals surface area contributed by atoms with E-state index in [1.807, 2.05) is 48.5 Å². The molecule has 0 unspecified atom stereocenters. The maximum Gasteiger partial charge on any atom is 0.225 e. The minimum atomic E-state index is 0.290. The number of nitrogens with one attached hydrogen (secondary N) is 2. The third-order valence-corrected chi connectivity index (χ3v) is 4.28. The lowest BCUT2D eigenvalue weighted by Crippen LogP contribution is -2.16. The summed E-state index contributed by atoms with van der Waals surface area (Å²) in [5.74, 6) is 1.35. The van der Waals surface area contributed by atoms with Gasteiger partial charge in [-0.15, -0.1) is 0 Å². The van der Waals surface area contributed by atoms with Crippen molar-refractivity contribution >= 4 is 23.4 Å². The van der Waals surface area contributed by atoms with Gasteiger partial charge in [0.2, 0.25) is 5.95 Å². The van der Waals surface area contributed by atoms with Crippen LogP contribution in [0.2, 0.25) is 5.02 Å². The third kappa shape index (κ3) is 4.92. The van der Waals surface area contributed by atoms with Crippen molar-refractivity contribution in [2.75, 3.05) is 10.6 Å². The monoisotopic (exact) mass is 367 g/mol. The topological polar surface area (TPSA) is 62.7 Å². The Balaban J connectivity index is 1.85. The van der Waals surface area contributed by atoms with E-state index in [1.54, 1.807) is 6.20 Å². The highest BCUT2D eigenvalue weighted by Gasteiger charge is 2.09. The highest BCUT2D eigenvalue weighted by Crippen LogP contribution is 2.21. The Morgan fingerprint density at radius 3 is 2.54 bits per heavy atom. The summed E-state index contributed by atoms with van der Waals surface area (Å²) in [7, 11) is 0. The Labute approximate surface area is 158 Å². The molecule has 2 heterocycles. The van der Waals surface area contributed by atoms with Gasteiger partial charge in [0.05, 0.1) is 11.4 Å². The summed E-state index contributed by atoms with van der Waals surface area (Å²) in [5.41, 5.74) is 2.73. The van der Waals surface area contributed by atoms with E-state index < -0.39 is 0 Å². The number of benzene rings is 1. The van der Waals surface area contributed by atoms with Crippen LogP contribution in [0, 0.1) is 0 Å². The molecule has 1 atom stereocenters. The minimum absolute atomic E-state index is 0.290. The summed E-state index contributed by atoms with van der Waals surface area (Å²) in [4.78, 5) is 13.6. The number of pyridine rings is 1. The lowest BCUT2D eigenvalue weighted by atomic mass is 10.2. The van der Waals surface area contributed by atoms with E-state index in [1.165, 1.54) is 0 Å². The van der Waals surface area contributed by atoms with Gasteiger partial charge in [-0.05, 0) is 43.2 Å².